The Morgan fingerprint density at radius 1 is 0.889 bits per heavy atom. The number of thiophene rings is 1. The van der Waals surface area contributed by atoms with Crippen LogP contribution in [0.15, 0.2) is 65.6 Å². The lowest BCUT2D eigenvalue weighted by atomic mass is 9.97. The Labute approximate surface area is 216 Å². The molecule has 0 bridgehead atoms. The monoisotopic (exact) mass is 524 g/mol. The van der Waals surface area contributed by atoms with Gasteiger partial charge in [0.1, 0.15) is 0 Å². The summed E-state index contributed by atoms with van der Waals surface area (Å²) in [7, 11) is 0. The number of piperidine rings is 1. The Bertz CT molecular complexity index is 1350. The molecule has 10 heteroatoms. The lowest BCUT2D eigenvalue weighted by Crippen LogP contribution is -2.61. The standard InChI is InChI=1S/C26H25ClN4O4S/c27-22-11-10-21(36-22)25(34)28-19-12-14-30(26(35)17-4-5-17)15-20(19)29-24(33)16-6-8-18(9-7-16)31-13-2-1-3-23(31)32/h1-3,6-11,13,17,19-20H,4-5,12,14-15H2,(H,28,34)(H,29,33). The van der Waals surface area contributed by atoms with Crippen LogP contribution in [-0.2, 0) is 4.79 Å². The van der Waals surface area contributed by atoms with E-state index in [0.29, 0.717) is 40.0 Å². The maximum Gasteiger partial charge on any atom is 0.261 e. The number of likely N-dealkylation sites (tertiary alicyclic amines) is 1. The van der Waals surface area contributed by atoms with Crippen LogP contribution in [0.1, 0.15) is 39.3 Å². The number of hydrogen-bond donors (Lipinski definition) is 2. The van der Waals surface area contributed by atoms with Gasteiger partial charge in [0.25, 0.3) is 17.4 Å². The zero-order valence-corrected chi connectivity index (χ0v) is 20.9. The van der Waals surface area contributed by atoms with E-state index in [1.54, 1.807) is 59.6 Å². The van der Waals surface area contributed by atoms with Gasteiger partial charge in [0.2, 0.25) is 5.91 Å². The summed E-state index contributed by atoms with van der Waals surface area (Å²) in [6.07, 6.45) is 4.01. The van der Waals surface area contributed by atoms with Crippen molar-refractivity contribution in [3.8, 4) is 5.69 Å². The molecule has 1 aliphatic carbocycles. The number of nitrogens with zero attached hydrogens (tertiary/aromatic N) is 2. The van der Waals surface area contributed by atoms with Crippen molar-refractivity contribution in [3.63, 3.8) is 0 Å². The van der Waals surface area contributed by atoms with Crippen molar-refractivity contribution in [1.82, 2.24) is 20.1 Å². The number of pyridine rings is 1. The smallest absolute Gasteiger partial charge is 0.261 e. The molecule has 8 nitrogen and oxygen atoms in total. The minimum absolute atomic E-state index is 0.0784. The molecule has 0 radical (unpaired) electrons. The summed E-state index contributed by atoms with van der Waals surface area (Å²) >= 11 is 7.17. The van der Waals surface area contributed by atoms with Crippen LogP contribution in [0.25, 0.3) is 5.69 Å². The molecular formula is C26H25ClN4O4S. The number of benzene rings is 1. The van der Waals surface area contributed by atoms with E-state index in [4.69, 9.17) is 11.6 Å². The second-order valence-corrected chi connectivity index (χ2v) is 10.8. The van der Waals surface area contributed by atoms with Gasteiger partial charge in [0.15, 0.2) is 0 Å². The highest BCUT2D eigenvalue weighted by Gasteiger charge is 2.39. The summed E-state index contributed by atoms with van der Waals surface area (Å²) in [6, 6.07) is 14.2. The molecule has 0 spiro atoms. The third kappa shape index (κ3) is 5.37. The van der Waals surface area contributed by atoms with E-state index in [9.17, 15) is 19.2 Å². The second-order valence-electron chi connectivity index (χ2n) is 9.07. The van der Waals surface area contributed by atoms with Crippen LogP contribution in [-0.4, -0.2) is 52.4 Å². The second kappa shape index (κ2) is 10.3. The van der Waals surface area contributed by atoms with Crippen LogP contribution in [0.2, 0.25) is 4.34 Å². The molecule has 2 aromatic heterocycles. The van der Waals surface area contributed by atoms with Crippen LogP contribution in [0.3, 0.4) is 0 Å². The van der Waals surface area contributed by atoms with Crippen LogP contribution in [0.4, 0.5) is 0 Å². The molecule has 2 unspecified atom stereocenters. The summed E-state index contributed by atoms with van der Waals surface area (Å²) in [6.45, 7) is 0.854. The first-order chi connectivity index (χ1) is 17.4. The zero-order valence-electron chi connectivity index (χ0n) is 19.4. The molecule has 1 saturated heterocycles. The van der Waals surface area contributed by atoms with Gasteiger partial charge in [0.05, 0.1) is 21.3 Å². The molecule has 186 valence electrons. The molecule has 1 saturated carbocycles. The topological polar surface area (TPSA) is 101 Å². The molecular weight excluding hydrogens is 500 g/mol. The predicted molar refractivity (Wildman–Crippen MR) is 138 cm³/mol. The maximum atomic E-state index is 13.1. The molecule has 3 aromatic rings. The zero-order chi connectivity index (χ0) is 25.2. The third-order valence-electron chi connectivity index (χ3n) is 6.51. The minimum Gasteiger partial charge on any atom is -0.346 e. The predicted octanol–water partition coefficient (Wildman–Crippen LogP) is 3.09. The number of halogens is 1. The lowest BCUT2D eigenvalue weighted by molar-refractivity contribution is -0.134. The molecule has 2 atom stereocenters. The Morgan fingerprint density at radius 2 is 1.64 bits per heavy atom. The molecule has 2 N–H and O–H groups in total. The fourth-order valence-electron chi connectivity index (χ4n) is 4.40. The average Bonchev–Trinajstić information content (AvgIpc) is 3.64. The van der Waals surface area contributed by atoms with Crippen molar-refractivity contribution in [1.29, 1.82) is 0 Å². The first kappa shape index (κ1) is 24.3. The van der Waals surface area contributed by atoms with Crippen molar-refractivity contribution in [2.75, 3.05) is 13.1 Å². The van der Waals surface area contributed by atoms with Gasteiger partial charge in [-0.3, -0.25) is 23.7 Å². The number of aromatic nitrogens is 1. The van der Waals surface area contributed by atoms with Gasteiger partial charge in [0, 0.05) is 42.5 Å². The Morgan fingerprint density at radius 3 is 2.31 bits per heavy atom. The molecule has 36 heavy (non-hydrogen) atoms. The van der Waals surface area contributed by atoms with E-state index >= 15 is 0 Å². The van der Waals surface area contributed by atoms with Gasteiger partial charge in [-0.2, -0.15) is 0 Å². The summed E-state index contributed by atoms with van der Waals surface area (Å²) < 4.78 is 2.02. The SMILES string of the molecule is O=C(NC1CN(C(=O)C2CC2)CCC1NC(=O)c1ccc(Cl)s1)c1ccc(-n2ccccc2=O)cc1. The summed E-state index contributed by atoms with van der Waals surface area (Å²) in [5, 5.41) is 6.04. The van der Waals surface area contributed by atoms with E-state index in [1.807, 2.05) is 0 Å². The molecule has 2 aliphatic rings. The number of amides is 3. The van der Waals surface area contributed by atoms with Crippen molar-refractivity contribution in [2.45, 2.75) is 31.3 Å². The van der Waals surface area contributed by atoms with E-state index in [-0.39, 0.29) is 35.2 Å². The minimum atomic E-state index is -0.454. The average molecular weight is 525 g/mol. The van der Waals surface area contributed by atoms with E-state index in [2.05, 4.69) is 10.6 Å². The van der Waals surface area contributed by atoms with Crippen molar-refractivity contribution in [3.05, 3.63) is 85.9 Å². The Kier molecular flexibility index (Phi) is 6.93. The van der Waals surface area contributed by atoms with Gasteiger partial charge >= 0.3 is 0 Å². The summed E-state index contributed by atoms with van der Waals surface area (Å²) in [5.74, 6) is -0.377. The number of carbonyl (C=O) groups is 3. The number of hydrogen-bond acceptors (Lipinski definition) is 5. The molecule has 3 heterocycles. The van der Waals surface area contributed by atoms with E-state index in [0.717, 1.165) is 12.8 Å². The van der Waals surface area contributed by atoms with E-state index in [1.165, 1.54) is 22.0 Å². The van der Waals surface area contributed by atoms with Crippen LogP contribution in [0.5, 0.6) is 0 Å². The molecule has 1 aliphatic heterocycles. The fourth-order valence-corrected chi connectivity index (χ4v) is 5.35. The maximum absolute atomic E-state index is 13.1. The normalized spacial score (nSPS) is 19.5. The highest BCUT2D eigenvalue weighted by Crippen LogP contribution is 2.32. The molecule has 2 fully saturated rings. The molecule has 3 amide bonds. The van der Waals surface area contributed by atoms with Crippen LogP contribution < -0.4 is 16.2 Å². The van der Waals surface area contributed by atoms with Gasteiger partial charge in [-0.15, -0.1) is 11.3 Å². The summed E-state index contributed by atoms with van der Waals surface area (Å²) in [5.41, 5.74) is 0.905. The van der Waals surface area contributed by atoms with Gasteiger partial charge in [-0.05, 0) is 61.7 Å². The van der Waals surface area contributed by atoms with Crippen molar-refractivity contribution in [2.24, 2.45) is 5.92 Å². The fraction of sp³-hybridized carbons (Fsp3) is 0.308. The Balaban J connectivity index is 1.31. The number of nitrogens with one attached hydrogen (secondary N) is 2. The van der Waals surface area contributed by atoms with Gasteiger partial charge < -0.3 is 15.5 Å². The highest BCUT2D eigenvalue weighted by atomic mass is 35.5. The van der Waals surface area contributed by atoms with Crippen molar-refractivity contribution >= 4 is 40.7 Å². The number of rotatable bonds is 6. The molecule has 5 rings (SSSR count). The van der Waals surface area contributed by atoms with Crippen LogP contribution >= 0.6 is 22.9 Å². The number of carbonyl (C=O) groups excluding carboxylic acids is 3. The highest BCUT2D eigenvalue weighted by molar-refractivity contribution is 7.18. The van der Waals surface area contributed by atoms with E-state index < -0.39 is 6.04 Å². The Hall–Kier alpha value is -3.43. The summed E-state index contributed by atoms with van der Waals surface area (Å²) in [4.78, 5) is 53.0. The largest absolute Gasteiger partial charge is 0.346 e. The van der Waals surface area contributed by atoms with Crippen molar-refractivity contribution < 1.29 is 14.4 Å². The first-order valence-electron chi connectivity index (χ1n) is 11.8. The van der Waals surface area contributed by atoms with Crippen LogP contribution in [0, 0.1) is 5.92 Å². The lowest BCUT2D eigenvalue weighted by Gasteiger charge is -2.39. The van der Waals surface area contributed by atoms with Gasteiger partial charge in [-0.25, -0.2) is 0 Å². The molecule has 1 aromatic carbocycles. The third-order valence-corrected chi connectivity index (χ3v) is 7.74. The first-order valence-corrected chi connectivity index (χ1v) is 13.0. The van der Waals surface area contributed by atoms with Gasteiger partial charge in [-0.1, -0.05) is 17.7 Å². The quantitative estimate of drug-likeness (QED) is 0.517.